The first-order valence-corrected chi connectivity index (χ1v) is 8.21. The molecule has 0 saturated heterocycles. The van der Waals surface area contributed by atoms with Crippen LogP contribution in [-0.4, -0.2) is 28.7 Å². The van der Waals surface area contributed by atoms with Gasteiger partial charge in [-0.15, -0.1) is 0 Å². The molecule has 1 aromatic heterocycles. The molecule has 2 rings (SSSR count). The van der Waals surface area contributed by atoms with E-state index in [4.69, 9.17) is 11.5 Å². The fourth-order valence-corrected chi connectivity index (χ4v) is 3.27. The van der Waals surface area contributed by atoms with Crippen molar-refractivity contribution in [2.75, 3.05) is 13.1 Å². The van der Waals surface area contributed by atoms with Crippen LogP contribution in [0, 0.1) is 6.92 Å². The number of carbonyl (C=O) groups is 1. The van der Waals surface area contributed by atoms with Crippen molar-refractivity contribution >= 4 is 16.9 Å². The van der Waals surface area contributed by atoms with E-state index in [1.54, 1.807) is 12.1 Å². The molecule has 0 radical (unpaired) electrons. The van der Waals surface area contributed by atoms with Gasteiger partial charge in [-0.25, -0.2) is 4.79 Å². The van der Waals surface area contributed by atoms with Gasteiger partial charge in [0.25, 0.3) is 0 Å². The zero-order chi connectivity index (χ0) is 17.1. The molecule has 1 aromatic carbocycles. The molecular weight excluding hydrogens is 290 g/mol. The minimum absolute atomic E-state index is 0.244. The molecule has 0 aliphatic rings. The zero-order valence-corrected chi connectivity index (χ0v) is 14.2. The smallest absolute Gasteiger partial charge is 0.335 e. The van der Waals surface area contributed by atoms with Gasteiger partial charge in [-0.2, -0.15) is 0 Å². The van der Waals surface area contributed by atoms with Gasteiger partial charge in [-0.1, -0.05) is 13.8 Å². The summed E-state index contributed by atoms with van der Waals surface area (Å²) in [5.41, 5.74) is 16.3. The Morgan fingerprint density at radius 1 is 1.26 bits per heavy atom. The molecule has 5 N–H and O–H groups in total. The average Bonchev–Trinajstić information content (AvgIpc) is 2.77. The third-order valence-corrected chi connectivity index (χ3v) is 4.43. The summed E-state index contributed by atoms with van der Waals surface area (Å²) in [6.45, 7) is 8.31. The van der Waals surface area contributed by atoms with Crippen molar-refractivity contribution in [2.45, 2.75) is 46.1 Å². The molecule has 0 saturated carbocycles. The second kappa shape index (κ2) is 7.15. The van der Waals surface area contributed by atoms with Crippen molar-refractivity contribution in [2.24, 2.45) is 11.5 Å². The number of hydrogen-bond acceptors (Lipinski definition) is 3. The van der Waals surface area contributed by atoms with E-state index in [1.807, 2.05) is 0 Å². The number of carboxylic acid groups (broad SMARTS) is 1. The molecular formula is C18H27N3O2. The number of rotatable bonds is 7. The third-order valence-electron chi connectivity index (χ3n) is 4.43. The fourth-order valence-electron chi connectivity index (χ4n) is 3.27. The van der Waals surface area contributed by atoms with Crippen molar-refractivity contribution in [3.8, 4) is 0 Å². The monoisotopic (exact) mass is 317 g/mol. The van der Waals surface area contributed by atoms with Gasteiger partial charge in [-0.05, 0) is 62.0 Å². The zero-order valence-electron chi connectivity index (χ0n) is 14.2. The quantitative estimate of drug-likeness (QED) is 0.731. The summed E-state index contributed by atoms with van der Waals surface area (Å²) in [4.78, 5) is 11.5. The molecule has 126 valence electrons. The van der Waals surface area contributed by atoms with E-state index in [9.17, 15) is 9.90 Å². The molecule has 0 aliphatic carbocycles. The highest BCUT2D eigenvalue weighted by molar-refractivity contribution is 5.97. The SMILES string of the molecule is Cc1c(CCN)c2cc(C(=O)O)cc(C(C)C)c2n1CCCN. The molecule has 0 bridgehead atoms. The predicted octanol–water partition coefficient (Wildman–Crippen LogP) is 2.62. The van der Waals surface area contributed by atoms with Crippen molar-refractivity contribution < 1.29 is 9.90 Å². The van der Waals surface area contributed by atoms with Gasteiger partial charge in [0.15, 0.2) is 0 Å². The maximum Gasteiger partial charge on any atom is 0.335 e. The molecule has 0 amide bonds. The molecule has 0 fully saturated rings. The molecule has 1 heterocycles. The van der Waals surface area contributed by atoms with Crippen LogP contribution in [0.4, 0.5) is 0 Å². The van der Waals surface area contributed by atoms with Crippen molar-refractivity contribution in [1.82, 2.24) is 4.57 Å². The summed E-state index contributed by atoms with van der Waals surface area (Å²) < 4.78 is 2.29. The summed E-state index contributed by atoms with van der Waals surface area (Å²) in [7, 11) is 0. The first-order chi connectivity index (χ1) is 10.9. The molecule has 0 aliphatic heterocycles. The second-order valence-corrected chi connectivity index (χ2v) is 6.32. The van der Waals surface area contributed by atoms with Crippen LogP contribution in [0.1, 0.15) is 53.4 Å². The second-order valence-electron chi connectivity index (χ2n) is 6.32. The standard InChI is InChI=1S/C18H27N3O2/c1-11(2)15-9-13(18(22)23)10-16-14(5-7-20)12(3)21(17(15)16)8-4-6-19/h9-11H,4-8,19-20H2,1-3H3,(H,22,23). The number of aryl methyl sites for hydroxylation is 1. The van der Waals surface area contributed by atoms with Crippen LogP contribution >= 0.6 is 0 Å². The molecule has 5 nitrogen and oxygen atoms in total. The third kappa shape index (κ3) is 3.26. The van der Waals surface area contributed by atoms with E-state index in [1.165, 1.54) is 5.69 Å². The van der Waals surface area contributed by atoms with Crippen LogP contribution in [0.3, 0.4) is 0 Å². The molecule has 0 atom stereocenters. The van der Waals surface area contributed by atoms with Gasteiger partial charge in [0.1, 0.15) is 0 Å². The Kier molecular flexibility index (Phi) is 5.44. The minimum atomic E-state index is -0.889. The Balaban J connectivity index is 2.83. The largest absolute Gasteiger partial charge is 0.478 e. The fraction of sp³-hybridized carbons (Fsp3) is 0.500. The summed E-state index contributed by atoms with van der Waals surface area (Å²) >= 11 is 0. The van der Waals surface area contributed by atoms with Crippen molar-refractivity contribution in [3.05, 3.63) is 34.5 Å². The van der Waals surface area contributed by atoms with Crippen molar-refractivity contribution in [3.63, 3.8) is 0 Å². The highest BCUT2D eigenvalue weighted by atomic mass is 16.4. The Morgan fingerprint density at radius 2 is 1.96 bits per heavy atom. The van der Waals surface area contributed by atoms with Crippen LogP contribution in [0.5, 0.6) is 0 Å². The Hall–Kier alpha value is -1.85. The highest BCUT2D eigenvalue weighted by Gasteiger charge is 2.20. The van der Waals surface area contributed by atoms with Gasteiger partial charge in [-0.3, -0.25) is 0 Å². The van der Waals surface area contributed by atoms with Crippen molar-refractivity contribution in [1.29, 1.82) is 0 Å². The van der Waals surface area contributed by atoms with Crippen LogP contribution in [-0.2, 0) is 13.0 Å². The first-order valence-electron chi connectivity index (χ1n) is 8.21. The van der Waals surface area contributed by atoms with Gasteiger partial charge < -0.3 is 21.1 Å². The lowest BCUT2D eigenvalue weighted by molar-refractivity contribution is 0.0697. The molecule has 0 unspecified atom stereocenters. The van der Waals surface area contributed by atoms with E-state index >= 15 is 0 Å². The van der Waals surface area contributed by atoms with Gasteiger partial charge >= 0.3 is 5.97 Å². The van der Waals surface area contributed by atoms with Crippen LogP contribution in [0.2, 0.25) is 0 Å². The number of carboxylic acids is 1. The number of aromatic nitrogens is 1. The maximum atomic E-state index is 11.5. The number of aromatic carboxylic acids is 1. The number of fused-ring (bicyclic) bond motifs is 1. The molecule has 2 aromatic rings. The Bertz CT molecular complexity index is 717. The predicted molar refractivity (Wildman–Crippen MR) is 94.2 cm³/mol. The average molecular weight is 317 g/mol. The Labute approximate surface area is 137 Å². The normalized spacial score (nSPS) is 11.6. The van der Waals surface area contributed by atoms with Gasteiger partial charge in [0, 0.05) is 17.6 Å². The number of benzene rings is 1. The lowest BCUT2D eigenvalue weighted by Gasteiger charge is -2.14. The summed E-state index contributed by atoms with van der Waals surface area (Å²) in [5.74, 6) is -0.645. The van der Waals surface area contributed by atoms with E-state index in [0.717, 1.165) is 41.4 Å². The number of nitrogens with zero attached hydrogens (tertiary/aromatic N) is 1. The van der Waals surface area contributed by atoms with Crippen LogP contribution in [0.25, 0.3) is 10.9 Å². The molecule has 23 heavy (non-hydrogen) atoms. The number of hydrogen-bond donors (Lipinski definition) is 3. The summed E-state index contributed by atoms with van der Waals surface area (Å²) in [6.07, 6.45) is 1.64. The summed E-state index contributed by atoms with van der Waals surface area (Å²) in [5, 5.41) is 10.5. The van der Waals surface area contributed by atoms with E-state index < -0.39 is 5.97 Å². The molecule has 0 spiro atoms. The van der Waals surface area contributed by atoms with E-state index in [-0.39, 0.29) is 5.92 Å². The summed E-state index contributed by atoms with van der Waals surface area (Å²) in [6, 6.07) is 3.60. The highest BCUT2D eigenvalue weighted by Crippen LogP contribution is 2.34. The molecule has 5 heteroatoms. The van der Waals surface area contributed by atoms with Gasteiger partial charge in [0.05, 0.1) is 11.1 Å². The lowest BCUT2D eigenvalue weighted by Crippen LogP contribution is -2.09. The van der Waals surface area contributed by atoms with Crippen LogP contribution in [0.15, 0.2) is 12.1 Å². The van der Waals surface area contributed by atoms with E-state index in [0.29, 0.717) is 18.7 Å². The lowest BCUT2D eigenvalue weighted by atomic mass is 9.95. The first kappa shape index (κ1) is 17.5. The van der Waals surface area contributed by atoms with Crippen LogP contribution < -0.4 is 11.5 Å². The topological polar surface area (TPSA) is 94.3 Å². The van der Waals surface area contributed by atoms with Gasteiger partial charge in [0.2, 0.25) is 0 Å². The Morgan fingerprint density at radius 3 is 2.48 bits per heavy atom. The minimum Gasteiger partial charge on any atom is -0.478 e. The maximum absolute atomic E-state index is 11.5. The number of nitrogens with two attached hydrogens (primary N) is 2. The van der Waals surface area contributed by atoms with E-state index in [2.05, 4.69) is 25.3 Å².